The normalized spacial score (nSPS) is 11.6. The van der Waals surface area contributed by atoms with Crippen molar-refractivity contribution >= 4 is 28.3 Å². The summed E-state index contributed by atoms with van der Waals surface area (Å²) in [5.74, 6) is -0.608. The molecule has 0 saturated carbocycles. The molecular formula is C19H15F3N2O4. The average molecular weight is 392 g/mol. The maximum atomic E-state index is 12.8. The number of rotatable bonds is 4. The van der Waals surface area contributed by atoms with Crippen LogP contribution in [0, 0.1) is 24.0 Å². The fourth-order valence-electron chi connectivity index (χ4n) is 2.86. The summed E-state index contributed by atoms with van der Waals surface area (Å²) in [4.78, 5) is 22.5. The van der Waals surface area contributed by atoms with Crippen molar-refractivity contribution in [3.05, 3.63) is 69.0 Å². The number of nitro groups is 1. The predicted molar refractivity (Wildman–Crippen MR) is 96.1 cm³/mol. The van der Waals surface area contributed by atoms with E-state index in [-0.39, 0.29) is 12.1 Å². The number of nitrogens with one attached hydrogen (secondary N) is 1. The van der Waals surface area contributed by atoms with Crippen LogP contribution in [0.5, 0.6) is 0 Å². The number of carbonyl (C=O) groups excluding carboxylic acids is 1. The molecule has 0 spiro atoms. The Morgan fingerprint density at radius 3 is 2.57 bits per heavy atom. The van der Waals surface area contributed by atoms with Crippen molar-refractivity contribution < 1.29 is 27.3 Å². The number of furan rings is 1. The quantitative estimate of drug-likeness (QED) is 0.491. The topological polar surface area (TPSA) is 85.4 Å². The first-order valence-electron chi connectivity index (χ1n) is 8.19. The van der Waals surface area contributed by atoms with E-state index in [0.717, 1.165) is 22.6 Å². The molecule has 1 amide bonds. The van der Waals surface area contributed by atoms with Gasteiger partial charge in [-0.05, 0) is 37.1 Å². The van der Waals surface area contributed by atoms with Gasteiger partial charge in [-0.3, -0.25) is 14.9 Å². The van der Waals surface area contributed by atoms with Crippen LogP contribution in [-0.4, -0.2) is 10.8 Å². The van der Waals surface area contributed by atoms with Crippen LogP contribution in [0.15, 0.2) is 41.0 Å². The first-order chi connectivity index (χ1) is 13.1. The van der Waals surface area contributed by atoms with Gasteiger partial charge in [0.25, 0.3) is 5.69 Å². The summed E-state index contributed by atoms with van der Waals surface area (Å²) in [6, 6.07) is 5.65. The molecule has 146 valence electrons. The molecule has 0 atom stereocenters. The summed E-state index contributed by atoms with van der Waals surface area (Å²) in [7, 11) is 0. The number of benzene rings is 2. The highest BCUT2D eigenvalue weighted by Crippen LogP contribution is 2.35. The summed E-state index contributed by atoms with van der Waals surface area (Å²) in [5.41, 5.74) is 0.882. The molecule has 0 aliphatic carbocycles. The van der Waals surface area contributed by atoms with E-state index in [1.165, 1.54) is 6.26 Å². The molecule has 3 rings (SSSR count). The maximum Gasteiger partial charge on any atom is 0.416 e. The standard InChI is InChI=1S/C19H15F3N2O4/c1-10-3-5-14-12(9-28-18(14)11(10)2)7-17(25)23-15-6-4-13(19(20,21)22)8-16(15)24(26)27/h3-6,8-9H,7H2,1-2H3,(H,23,25). The van der Waals surface area contributed by atoms with Gasteiger partial charge >= 0.3 is 6.18 Å². The van der Waals surface area contributed by atoms with Crippen LogP contribution in [0.4, 0.5) is 24.5 Å². The smallest absolute Gasteiger partial charge is 0.416 e. The fraction of sp³-hybridized carbons (Fsp3) is 0.211. The Balaban J connectivity index is 1.86. The minimum absolute atomic E-state index is 0.145. The summed E-state index contributed by atoms with van der Waals surface area (Å²) >= 11 is 0. The fourth-order valence-corrected chi connectivity index (χ4v) is 2.86. The van der Waals surface area contributed by atoms with Gasteiger partial charge in [-0.2, -0.15) is 13.2 Å². The average Bonchev–Trinajstić information content (AvgIpc) is 3.00. The van der Waals surface area contributed by atoms with Gasteiger partial charge in [0, 0.05) is 17.0 Å². The van der Waals surface area contributed by atoms with E-state index in [9.17, 15) is 28.1 Å². The van der Waals surface area contributed by atoms with Crippen LogP contribution in [-0.2, 0) is 17.4 Å². The van der Waals surface area contributed by atoms with E-state index >= 15 is 0 Å². The van der Waals surface area contributed by atoms with E-state index in [4.69, 9.17) is 4.42 Å². The minimum atomic E-state index is -4.72. The van der Waals surface area contributed by atoms with Crippen molar-refractivity contribution in [2.24, 2.45) is 0 Å². The first-order valence-corrected chi connectivity index (χ1v) is 8.19. The summed E-state index contributed by atoms with van der Waals surface area (Å²) in [6.07, 6.45) is -3.44. The number of anilines is 1. The number of hydrogen-bond donors (Lipinski definition) is 1. The lowest BCUT2D eigenvalue weighted by molar-refractivity contribution is -0.384. The molecule has 3 aromatic rings. The number of amides is 1. The summed E-state index contributed by atoms with van der Waals surface area (Å²) < 4.78 is 43.8. The number of nitro benzene ring substituents is 1. The number of alkyl halides is 3. The number of fused-ring (bicyclic) bond motifs is 1. The number of halogens is 3. The molecule has 1 N–H and O–H groups in total. The highest BCUT2D eigenvalue weighted by molar-refractivity contribution is 5.97. The molecule has 0 aliphatic heterocycles. The van der Waals surface area contributed by atoms with Gasteiger partial charge in [-0.15, -0.1) is 0 Å². The third-order valence-electron chi connectivity index (χ3n) is 4.49. The zero-order valence-electron chi connectivity index (χ0n) is 14.9. The molecule has 0 fully saturated rings. The van der Waals surface area contributed by atoms with Crippen molar-refractivity contribution in [2.75, 3.05) is 5.32 Å². The molecule has 2 aromatic carbocycles. The Morgan fingerprint density at radius 2 is 1.93 bits per heavy atom. The van der Waals surface area contributed by atoms with Gasteiger partial charge in [0.15, 0.2) is 0 Å². The number of nitrogens with zero attached hydrogens (tertiary/aromatic N) is 1. The number of aryl methyl sites for hydroxylation is 2. The minimum Gasteiger partial charge on any atom is -0.464 e. The molecule has 0 unspecified atom stereocenters. The van der Waals surface area contributed by atoms with Crippen LogP contribution in [0.2, 0.25) is 0 Å². The van der Waals surface area contributed by atoms with Crippen molar-refractivity contribution in [1.29, 1.82) is 0 Å². The van der Waals surface area contributed by atoms with Crippen LogP contribution in [0.3, 0.4) is 0 Å². The number of hydrogen-bond acceptors (Lipinski definition) is 4. The Labute approximate surface area is 157 Å². The van der Waals surface area contributed by atoms with Gasteiger partial charge < -0.3 is 9.73 Å². The highest BCUT2D eigenvalue weighted by atomic mass is 19.4. The van der Waals surface area contributed by atoms with E-state index < -0.39 is 28.3 Å². The molecule has 0 radical (unpaired) electrons. The van der Waals surface area contributed by atoms with Crippen molar-refractivity contribution in [3.8, 4) is 0 Å². The molecule has 6 nitrogen and oxygen atoms in total. The van der Waals surface area contributed by atoms with Crippen LogP contribution in [0.25, 0.3) is 11.0 Å². The Morgan fingerprint density at radius 1 is 1.21 bits per heavy atom. The molecule has 0 saturated heterocycles. The van der Waals surface area contributed by atoms with Gasteiger partial charge in [-0.25, -0.2) is 0 Å². The lowest BCUT2D eigenvalue weighted by Crippen LogP contribution is -2.16. The summed E-state index contributed by atoms with van der Waals surface area (Å²) in [6.45, 7) is 3.81. The van der Waals surface area contributed by atoms with E-state index in [1.54, 1.807) is 0 Å². The monoisotopic (exact) mass is 392 g/mol. The zero-order chi connectivity index (χ0) is 20.6. The third-order valence-corrected chi connectivity index (χ3v) is 4.49. The Hall–Kier alpha value is -3.36. The molecule has 9 heteroatoms. The molecule has 0 aliphatic rings. The van der Waals surface area contributed by atoms with Crippen molar-refractivity contribution in [1.82, 2.24) is 0 Å². The molecule has 28 heavy (non-hydrogen) atoms. The predicted octanol–water partition coefficient (Wildman–Crippen LogP) is 5.16. The second kappa shape index (κ2) is 6.99. The van der Waals surface area contributed by atoms with Gasteiger partial charge in [0.05, 0.1) is 23.2 Å². The largest absolute Gasteiger partial charge is 0.464 e. The van der Waals surface area contributed by atoms with Crippen LogP contribution in [0.1, 0.15) is 22.3 Å². The van der Waals surface area contributed by atoms with Gasteiger partial charge in [0.2, 0.25) is 5.91 Å². The molecule has 1 heterocycles. The van der Waals surface area contributed by atoms with Gasteiger partial charge in [-0.1, -0.05) is 12.1 Å². The summed E-state index contributed by atoms with van der Waals surface area (Å²) in [5, 5.41) is 14.2. The zero-order valence-corrected chi connectivity index (χ0v) is 14.9. The molecule has 1 aromatic heterocycles. The Bertz CT molecular complexity index is 1090. The van der Waals surface area contributed by atoms with E-state index in [2.05, 4.69) is 5.32 Å². The van der Waals surface area contributed by atoms with Crippen molar-refractivity contribution in [2.45, 2.75) is 26.4 Å². The lowest BCUT2D eigenvalue weighted by Gasteiger charge is -2.10. The molecule has 0 bridgehead atoms. The van der Waals surface area contributed by atoms with Crippen LogP contribution >= 0.6 is 0 Å². The lowest BCUT2D eigenvalue weighted by atomic mass is 10.0. The van der Waals surface area contributed by atoms with E-state index in [1.807, 2.05) is 26.0 Å². The van der Waals surface area contributed by atoms with Crippen LogP contribution < -0.4 is 5.32 Å². The van der Waals surface area contributed by atoms with E-state index in [0.29, 0.717) is 23.3 Å². The first kappa shape index (κ1) is 19.4. The number of carbonyl (C=O) groups is 1. The highest BCUT2D eigenvalue weighted by Gasteiger charge is 2.33. The van der Waals surface area contributed by atoms with Gasteiger partial charge in [0.1, 0.15) is 11.3 Å². The SMILES string of the molecule is Cc1ccc2c(CC(=O)Nc3ccc(C(F)(F)F)cc3[N+](=O)[O-])coc2c1C. The van der Waals surface area contributed by atoms with Crippen molar-refractivity contribution in [3.63, 3.8) is 0 Å². The second-order valence-electron chi connectivity index (χ2n) is 6.36. The Kier molecular flexibility index (Phi) is 4.84. The third kappa shape index (κ3) is 3.68. The maximum absolute atomic E-state index is 12.8. The molecular weight excluding hydrogens is 377 g/mol. The second-order valence-corrected chi connectivity index (χ2v) is 6.36.